The van der Waals surface area contributed by atoms with E-state index >= 15 is 0 Å². The molecular weight excluding hydrogens is 222 g/mol. The summed E-state index contributed by atoms with van der Waals surface area (Å²) in [5, 5.41) is 0. The maximum atomic E-state index is 11.3. The lowest BCUT2D eigenvalue weighted by Gasteiger charge is -2.13. The topological polar surface area (TPSA) is 70.8 Å². The molecular formula is C12H17NO4. The van der Waals surface area contributed by atoms with Crippen molar-refractivity contribution in [2.24, 2.45) is 5.73 Å². The van der Waals surface area contributed by atoms with Crippen molar-refractivity contribution in [1.29, 1.82) is 0 Å². The highest BCUT2D eigenvalue weighted by Gasteiger charge is 2.14. The number of nitrogens with two attached hydrogens (primary N) is 1. The zero-order valence-corrected chi connectivity index (χ0v) is 10.3. The summed E-state index contributed by atoms with van der Waals surface area (Å²) in [5.41, 5.74) is 6.07. The highest BCUT2D eigenvalue weighted by atomic mass is 16.5. The molecule has 0 amide bonds. The number of Topliss-reactive ketones (excluding diaryl/α,β-unsaturated/α-hetero) is 1. The lowest BCUT2D eigenvalue weighted by Crippen LogP contribution is -2.15. The summed E-state index contributed by atoms with van der Waals surface area (Å²) in [6.45, 7) is 0.0245. The fourth-order valence-corrected chi connectivity index (χ4v) is 1.54. The van der Waals surface area contributed by atoms with Crippen LogP contribution in [0.25, 0.3) is 0 Å². The second-order valence-electron chi connectivity index (χ2n) is 3.45. The van der Waals surface area contributed by atoms with Crippen LogP contribution in [-0.2, 0) is 11.2 Å². The van der Waals surface area contributed by atoms with E-state index in [1.807, 2.05) is 0 Å². The minimum atomic E-state index is -0.0423. The second-order valence-corrected chi connectivity index (χ2v) is 3.45. The molecule has 17 heavy (non-hydrogen) atoms. The van der Waals surface area contributed by atoms with E-state index in [9.17, 15) is 4.79 Å². The van der Waals surface area contributed by atoms with Gasteiger partial charge in [0.2, 0.25) is 5.75 Å². The molecule has 1 aromatic carbocycles. The third kappa shape index (κ3) is 3.10. The first-order chi connectivity index (χ1) is 8.15. The van der Waals surface area contributed by atoms with Gasteiger partial charge in [0.05, 0.1) is 27.9 Å². The molecule has 0 unspecified atom stereocenters. The number of methoxy groups -OCH3 is 3. The number of carbonyl (C=O) groups excluding carboxylic acids is 1. The standard InChI is InChI=1S/C12H17NO4/c1-15-10-5-8(4-9(14)7-13)6-11(16-2)12(10)17-3/h5-6H,4,7,13H2,1-3H3. The Morgan fingerprint density at radius 3 is 2.00 bits per heavy atom. The number of carbonyl (C=O) groups is 1. The van der Waals surface area contributed by atoms with Crippen molar-refractivity contribution >= 4 is 5.78 Å². The average molecular weight is 239 g/mol. The molecule has 0 aliphatic heterocycles. The van der Waals surface area contributed by atoms with Crippen LogP contribution in [0.1, 0.15) is 5.56 Å². The van der Waals surface area contributed by atoms with E-state index in [2.05, 4.69) is 0 Å². The van der Waals surface area contributed by atoms with E-state index in [4.69, 9.17) is 19.9 Å². The third-order valence-corrected chi connectivity index (χ3v) is 2.35. The molecule has 0 aliphatic rings. The van der Waals surface area contributed by atoms with Gasteiger partial charge in [0.1, 0.15) is 0 Å². The van der Waals surface area contributed by atoms with Gasteiger partial charge in [0, 0.05) is 6.42 Å². The van der Waals surface area contributed by atoms with Gasteiger partial charge in [-0.1, -0.05) is 0 Å². The van der Waals surface area contributed by atoms with Crippen molar-refractivity contribution in [2.45, 2.75) is 6.42 Å². The van der Waals surface area contributed by atoms with E-state index in [0.717, 1.165) is 5.56 Å². The largest absolute Gasteiger partial charge is 0.493 e. The predicted octanol–water partition coefficient (Wildman–Crippen LogP) is 0.783. The van der Waals surface area contributed by atoms with Crippen LogP contribution in [-0.4, -0.2) is 33.7 Å². The van der Waals surface area contributed by atoms with Crippen LogP contribution in [0.3, 0.4) is 0 Å². The molecule has 0 bridgehead atoms. The van der Waals surface area contributed by atoms with Gasteiger partial charge in [-0.25, -0.2) is 0 Å². The van der Waals surface area contributed by atoms with Gasteiger partial charge >= 0.3 is 0 Å². The third-order valence-electron chi connectivity index (χ3n) is 2.35. The maximum absolute atomic E-state index is 11.3. The normalized spacial score (nSPS) is 9.88. The van der Waals surface area contributed by atoms with Crippen LogP contribution in [0.5, 0.6) is 17.2 Å². The molecule has 0 heterocycles. The van der Waals surface area contributed by atoms with Gasteiger partial charge in [-0.15, -0.1) is 0 Å². The lowest BCUT2D eigenvalue weighted by atomic mass is 10.1. The van der Waals surface area contributed by atoms with Gasteiger partial charge in [0.25, 0.3) is 0 Å². The molecule has 0 saturated heterocycles. The summed E-state index contributed by atoms with van der Waals surface area (Å²) in [6, 6.07) is 3.49. The molecule has 0 spiro atoms. The number of ether oxygens (including phenoxy) is 3. The first kappa shape index (κ1) is 13.3. The Labute approximate surface area is 100 Å². The Kier molecular flexibility index (Phi) is 4.78. The summed E-state index contributed by atoms with van der Waals surface area (Å²) in [7, 11) is 4.60. The first-order valence-electron chi connectivity index (χ1n) is 5.16. The summed E-state index contributed by atoms with van der Waals surface area (Å²) < 4.78 is 15.6. The van der Waals surface area contributed by atoms with Gasteiger partial charge in [-0.05, 0) is 17.7 Å². The fourth-order valence-electron chi connectivity index (χ4n) is 1.54. The summed E-state index contributed by atoms with van der Waals surface area (Å²) in [5.74, 6) is 1.54. The molecule has 0 fully saturated rings. The van der Waals surface area contributed by atoms with E-state index in [1.54, 1.807) is 12.1 Å². The molecule has 0 aliphatic carbocycles. The maximum Gasteiger partial charge on any atom is 0.203 e. The van der Waals surface area contributed by atoms with Gasteiger partial charge in [-0.2, -0.15) is 0 Å². The molecule has 2 N–H and O–H groups in total. The molecule has 0 saturated carbocycles. The fraction of sp³-hybridized carbons (Fsp3) is 0.417. The van der Waals surface area contributed by atoms with Crippen molar-refractivity contribution < 1.29 is 19.0 Å². The van der Waals surface area contributed by atoms with Crippen molar-refractivity contribution in [3.8, 4) is 17.2 Å². The highest BCUT2D eigenvalue weighted by Crippen LogP contribution is 2.38. The van der Waals surface area contributed by atoms with Gasteiger partial charge < -0.3 is 19.9 Å². The first-order valence-corrected chi connectivity index (χ1v) is 5.16. The Hall–Kier alpha value is -1.75. The predicted molar refractivity (Wildman–Crippen MR) is 63.9 cm³/mol. The number of rotatable bonds is 6. The lowest BCUT2D eigenvalue weighted by molar-refractivity contribution is -0.117. The smallest absolute Gasteiger partial charge is 0.203 e. The minimum Gasteiger partial charge on any atom is -0.493 e. The van der Waals surface area contributed by atoms with Crippen LogP contribution in [0, 0.1) is 0 Å². The van der Waals surface area contributed by atoms with E-state index in [0.29, 0.717) is 17.2 Å². The van der Waals surface area contributed by atoms with Gasteiger partial charge in [0.15, 0.2) is 17.3 Å². The summed E-state index contributed by atoms with van der Waals surface area (Å²) in [4.78, 5) is 11.3. The number of ketones is 1. The number of hydrogen-bond acceptors (Lipinski definition) is 5. The van der Waals surface area contributed by atoms with Crippen molar-refractivity contribution in [3.63, 3.8) is 0 Å². The Morgan fingerprint density at radius 1 is 1.12 bits per heavy atom. The molecule has 1 rings (SSSR count). The second kappa shape index (κ2) is 6.10. The molecule has 0 atom stereocenters. The SMILES string of the molecule is COc1cc(CC(=O)CN)cc(OC)c1OC. The molecule has 1 aromatic rings. The Morgan fingerprint density at radius 2 is 1.65 bits per heavy atom. The Bertz CT molecular complexity index is 378. The monoisotopic (exact) mass is 239 g/mol. The molecule has 0 aromatic heterocycles. The highest BCUT2D eigenvalue weighted by molar-refractivity contribution is 5.83. The summed E-state index contributed by atoms with van der Waals surface area (Å²) in [6.07, 6.45) is 0.257. The van der Waals surface area contributed by atoms with Gasteiger partial charge in [-0.3, -0.25) is 4.79 Å². The average Bonchev–Trinajstić information content (AvgIpc) is 2.37. The van der Waals surface area contributed by atoms with Crippen molar-refractivity contribution in [2.75, 3.05) is 27.9 Å². The zero-order valence-electron chi connectivity index (χ0n) is 10.3. The number of hydrogen-bond donors (Lipinski definition) is 1. The Balaban J connectivity index is 3.13. The quantitative estimate of drug-likeness (QED) is 0.794. The summed E-state index contributed by atoms with van der Waals surface area (Å²) >= 11 is 0. The minimum absolute atomic E-state index is 0.0245. The van der Waals surface area contributed by atoms with Crippen LogP contribution in [0.2, 0.25) is 0 Å². The van der Waals surface area contributed by atoms with Crippen LogP contribution < -0.4 is 19.9 Å². The molecule has 5 nitrogen and oxygen atoms in total. The van der Waals surface area contributed by atoms with Crippen LogP contribution >= 0.6 is 0 Å². The van der Waals surface area contributed by atoms with E-state index < -0.39 is 0 Å². The van der Waals surface area contributed by atoms with Crippen molar-refractivity contribution in [3.05, 3.63) is 17.7 Å². The van der Waals surface area contributed by atoms with E-state index in [1.165, 1.54) is 21.3 Å². The van der Waals surface area contributed by atoms with Crippen LogP contribution in [0.4, 0.5) is 0 Å². The zero-order chi connectivity index (χ0) is 12.8. The molecule has 5 heteroatoms. The molecule has 94 valence electrons. The van der Waals surface area contributed by atoms with Crippen molar-refractivity contribution in [1.82, 2.24) is 0 Å². The molecule has 0 radical (unpaired) electrons. The van der Waals surface area contributed by atoms with Crippen LogP contribution in [0.15, 0.2) is 12.1 Å². The number of benzene rings is 1. The van der Waals surface area contributed by atoms with E-state index in [-0.39, 0.29) is 18.7 Å².